The molecular formula is C14H20BrN3. The second-order valence-electron chi connectivity index (χ2n) is 6.09. The normalized spacial score (nSPS) is 28.2. The van der Waals surface area contributed by atoms with Crippen LogP contribution in [0.25, 0.3) is 0 Å². The maximum Gasteiger partial charge on any atom is 0.139 e. The van der Waals surface area contributed by atoms with Gasteiger partial charge in [0.1, 0.15) is 5.82 Å². The molecule has 0 aromatic carbocycles. The predicted octanol–water partition coefficient (Wildman–Crippen LogP) is 4.07. The summed E-state index contributed by atoms with van der Waals surface area (Å²) in [5, 5.41) is 8.52. The lowest BCUT2D eigenvalue weighted by atomic mass is 10.0. The molecule has 1 unspecified atom stereocenters. The monoisotopic (exact) mass is 309 g/mol. The van der Waals surface area contributed by atoms with Crippen LogP contribution in [0.3, 0.4) is 0 Å². The molecule has 2 fully saturated rings. The molecule has 1 N–H and O–H groups in total. The van der Waals surface area contributed by atoms with Crippen LogP contribution in [0.4, 0.5) is 5.82 Å². The third kappa shape index (κ3) is 1.72. The molecule has 1 aromatic heterocycles. The fourth-order valence-corrected chi connectivity index (χ4v) is 4.39. The molecule has 4 heteroatoms. The Labute approximate surface area is 116 Å². The van der Waals surface area contributed by atoms with Crippen LogP contribution in [-0.4, -0.2) is 16.3 Å². The predicted molar refractivity (Wildman–Crippen MR) is 76.0 cm³/mol. The quantitative estimate of drug-likeness (QED) is 0.892. The number of hydrogen-bond donors (Lipinski definition) is 1. The van der Waals surface area contributed by atoms with Crippen molar-refractivity contribution in [3.05, 3.63) is 10.2 Å². The van der Waals surface area contributed by atoms with Crippen molar-refractivity contribution in [1.82, 2.24) is 9.78 Å². The Morgan fingerprint density at radius 2 is 1.89 bits per heavy atom. The summed E-state index contributed by atoms with van der Waals surface area (Å²) in [6.07, 6.45) is 9.44. The summed E-state index contributed by atoms with van der Waals surface area (Å²) >= 11 is 3.80. The number of halogens is 1. The standard InChI is InChI=1S/C14H20BrN3/c15-12-13(10-3-1-2-4-10)17-18-11(9-5-6-9)7-8-16-14(12)18/h9-11,16H,1-8H2. The van der Waals surface area contributed by atoms with Crippen LogP contribution < -0.4 is 5.32 Å². The minimum atomic E-state index is 0.660. The molecule has 0 spiro atoms. The van der Waals surface area contributed by atoms with E-state index in [1.165, 1.54) is 60.9 Å². The molecule has 4 rings (SSSR count). The largest absolute Gasteiger partial charge is 0.369 e. The Balaban J connectivity index is 1.72. The van der Waals surface area contributed by atoms with Gasteiger partial charge < -0.3 is 5.32 Å². The molecule has 98 valence electrons. The SMILES string of the molecule is Brc1c(C2CCCC2)nn2c1NCCC2C1CC1. The molecule has 0 amide bonds. The van der Waals surface area contributed by atoms with Gasteiger partial charge in [-0.15, -0.1) is 0 Å². The number of aromatic nitrogens is 2. The van der Waals surface area contributed by atoms with Crippen molar-refractivity contribution in [2.75, 3.05) is 11.9 Å². The summed E-state index contributed by atoms with van der Waals surface area (Å²) in [6.45, 7) is 1.11. The van der Waals surface area contributed by atoms with Crippen LogP contribution in [0.1, 0.15) is 62.6 Å². The van der Waals surface area contributed by atoms with Crippen molar-refractivity contribution < 1.29 is 0 Å². The van der Waals surface area contributed by atoms with E-state index >= 15 is 0 Å². The van der Waals surface area contributed by atoms with Gasteiger partial charge in [0.25, 0.3) is 0 Å². The lowest BCUT2D eigenvalue weighted by Crippen LogP contribution is -2.25. The Morgan fingerprint density at radius 3 is 2.61 bits per heavy atom. The fraction of sp³-hybridized carbons (Fsp3) is 0.786. The van der Waals surface area contributed by atoms with Gasteiger partial charge in [0.2, 0.25) is 0 Å². The van der Waals surface area contributed by atoms with Gasteiger partial charge in [-0.25, -0.2) is 4.68 Å². The van der Waals surface area contributed by atoms with E-state index in [0.717, 1.165) is 12.5 Å². The molecule has 1 atom stereocenters. The van der Waals surface area contributed by atoms with Crippen molar-refractivity contribution in [2.45, 2.75) is 56.9 Å². The van der Waals surface area contributed by atoms with Crippen LogP contribution in [-0.2, 0) is 0 Å². The first-order valence-corrected chi connectivity index (χ1v) is 8.15. The van der Waals surface area contributed by atoms with Gasteiger partial charge in [0.05, 0.1) is 16.2 Å². The van der Waals surface area contributed by atoms with Gasteiger partial charge in [-0.2, -0.15) is 5.10 Å². The van der Waals surface area contributed by atoms with Gasteiger partial charge >= 0.3 is 0 Å². The van der Waals surface area contributed by atoms with E-state index in [1.54, 1.807) is 0 Å². The summed E-state index contributed by atoms with van der Waals surface area (Å²) in [4.78, 5) is 0. The highest BCUT2D eigenvalue weighted by molar-refractivity contribution is 9.10. The number of nitrogens with zero attached hydrogens (tertiary/aromatic N) is 2. The van der Waals surface area contributed by atoms with Crippen molar-refractivity contribution in [3.8, 4) is 0 Å². The minimum Gasteiger partial charge on any atom is -0.369 e. The first kappa shape index (κ1) is 11.3. The molecule has 1 aliphatic heterocycles. The maximum absolute atomic E-state index is 4.98. The Kier molecular flexibility index (Phi) is 2.68. The molecule has 3 nitrogen and oxygen atoms in total. The van der Waals surface area contributed by atoms with Crippen molar-refractivity contribution in [2.24, 2.45) is 5.92 Å². The van der Waals surface area contributed by atoms with Gasteiger partial charge in [0.15, 0.2) is 0 Å². The molecule has 0 saturated heterocycles. The molecule has 0 bridgehead atoms. The van der Waals surface area contributed by atoms with Crippen LogP contribution >= 0.6 is 15.9 Å². The van der Waals surface area contributed by atoms with Crippen LogP contribution in [0.15, 0.2) is 4.47 Å². The van der Waals surface area contributed by atoms with E-state index in [9.17, 15) is 0 Å². The summed E-state index contributed by atoms with van der Waals surface area (Å²) in [5.74, 6) is 2.84. The first-order valence-electron chi connectivity index (χ1n) is 7.36. The van der Waals surface area contributed by atoms with Gasteiger partial charge in [-0.3, -0.25) is 0 Å². The smallest absolute Gasteiger partial charge is 0.139 e. The lowest BCUT2D eigenvalue weighted by Gasteiger charge is -2.25. The number of fused-ring (bicyclic) bond motifs is 1. The zero-order chi connectivity index (χ0) is 12.1. The van der Waals surface area contributed by atoms with E-state index in [4.69, 9.17) is 5.10 Å². The highest BCUT2D eigenvalue weighted by Crippen LogP contribution is 2.47. The second-order valence-corrected chi connectivity index (χ2v) is 6.89. The summed E-state index contributed by atoms with van der Waals surface area (Å²) in [7, 11) is 0. The van der Waals surface area contributed by atoms with E-state index in [-0.39, 0.29) is 0 Å². The average molecular weight is 310 g/mol. The highest BCUT2D eigenvalue weighted by atomic mass is 79.9. The molecule has 2 saturated carbocycles. The molecule has 1 aromatic rings. The fourth-order valence-electron chi connectivity index (χ4n) is 3.67. The van der Waals surface area contributed by atoms with Crippen LogP contribution in [0.5, 0.6) is 0 Å². The lowest BCUT2D eigenvalue weighted by molar-refractivity contribution is 0.372. The third-order valence-corrected chi connectivity index (χ3v) is 5.61. The molecule has 18 heavy (non-hydrogen) atoms. The third-order valence-electron chi connectivity index (χ3n) is 4.83. The van der Waals surface area contributed by atoms with Gasteiger partial charge in [-0.05, 0) is 54.0 Å². The first-order chi connectivity index (χ1) is 8.84. The number of nitrogens with one attached hydrogen (secondary N) is 1. The summed E-state index contributed by atoms with van der Waals surface area (Å²) in [6, 6.07) is 0.660. The Morgan fingerprint density at radius 1 is 1.11 bits per heavy atom. The van der Waals surface area contributed by atoms with Crippen LogP contribution in [0, 0.1) is 5.92 Å². The van der Waals surface area contributed by atoms with E-state index < -0.39 is 0 Å². The average Bonchev–Trinajstić information content (AvgIpc) is 2.98. The molecule has 0 radical (unpaired) electrons. The summed E-state index contributed by atoms with van der Waals surface area (Å²) < 4.78 is 3.55. The number of anilines is 1. The zero-order valence-corrected chi connectivity index (χ0v) is 12.2. The molecule has 2 heterocycles. The highest BCUT2D eigenvalue weighted by Gasteiger charge is 2.38. The van der Waals surface area contributed by atoms with Gasteiger partial charge in [-0.1, -0.05) is 12.8 Å². The van der Waals surface area contributed by atoms with Crippen molar-refractivity contribution >= 4 is 21.7 Å². The molecule has 2 aliphatic carbocycles. The molecular weight excluding hydrogens is 290 g/mol. The van der Waals surface area contributed by atoms with E-state index in [1.807, 2.05) is 0 Å². The Hall–Kier alpha value is -0.510. The number of hydrogen-bond acceptors (Lipinski definition) is 2. The van der Waals surface area contributed by atoms with Crippen LogP contribution in [0.2, 0.25) is 0 Å². The van der Waals surface area contributed by atoms with Gasteiger partial charge in [0, 0.05) is 12.5 Å². The molecule has 3 aliphatic rings. The van der Waals surface area contributed by atoms with E-state index in [2.05, 4.69) is 25.9 Å². The minimum absolute atomic E-state index is 0.660. The second kappa shape index (κ2) is 4.26. The van der Waals surface area contributed by atoms with Crippen molar-refractivity contribution in [1.29, 1.82) is 0 Å². The Bertz CT molecular complexity index is 458. The summed E-state index contributed by atoms with van der Waals surface area (Å²) in [5.41, 5.74) is 1.32. The van der Waals surface area contributed by atoms with Crippen molar-refractivity contribution in [3.63, 3.8) is 0 Å². The maximum atomic E-state index is 4.98. The topological polar surface area (TPSA) is 29.9 Å². The van der Waals surface area contributed by atoms with E-state index in [0.29, 0.717) is 12.0 Å². The number of rotatable bonds is 2. The zero-order valence-electron chi connectivity index (χ0n) is 10.7.